The van der Waals surface area contributed by atoms with Gasteiger partial charge in [0.15, 0.2) is 17.3 Å². The fraction of sp³-hybridized carbons (Fsp3) is 0.125. The van der Waals surface area contributed by atoms with Crippen LogP contribution in [0.3, 0.4) is 0 Å². The lowest BCUT2D eigenvalue weighted by molar-refractivity contribution is 0.0586. The van der Waals surface area contributed by atoms with E-state index in [1.807, 2.05) is 30.3 Å². The summed E-state index contributed by atoms with van der Waals surface area (Å²) in [6.45, 7) is 0. The number of hydrazone groups is 1. The average Bonchev–Trinajstić information content (AvgIpc) is 3.39. The number of Topliss-reactive ketones (excluding diaryl/α,β-unsaturated/α-hetero) is 3. The summed E-state index contributed by atoms with van der Waals surface area (Å²) in [5.74, 6) is -1.84. The minimum absolute atomic E-state index is 0.249. The molecule has 1 spiro atoms. The SMILES string of the molecule is O=C(c1ccccc1)[C@@H]1[C@@H](c2ccc(Cl)cc2Cl)C2(C(=O)c3ccccc3C2=O)[C@H]2c3ccccc3C=NN12. The van der Waals surface area contributed by atoms with Gasteiger partial charge in [-0.05, 0) is 28.8 Å². The number of hydrogen-bond donors (Lipinski definition) is 0. The van der Waals surface area contributed by atoms with Crippen LogP contribution in [-0.4, -0.2) is 34.6 Å². The second kappa shape index (κ2) is 8.73. The summed E-state index contributed by atoms with van der Waals surface area (Å²) < 4.78 is 0. The molecule has 5 nitrogen and oxygen atoms in total. The minimum atomic E-state index is -1.68. The van der Waals surface area contributed by atoms with Gasteiger partial charge in [0.2, 0.25) is 0 Å². The van der Waals surface area contributed by atoms with Gasteiger partial charge >= 0.3 is 0 Å². The van der Waals surface area contributed by atoms with Gasteiger partial charge in [-0.25, -0.2) is 0 Å². The zero-order valence-electron chi connectivity index (χ0n) is 20.4. The third-order valence-corrected chi connectivity index (χ3v) is 8.76. The van der Waals surface area contributed by atoms with E-state index in [1.165, 1.54) is 0 Å². The van der Waals surface area contributed by atoms with Crippen molar-refractivity contribution in [3.05, 3.63) is 140 Å². The second-order valence-corrected chi connectivity index (χ2v) is 10.9. The minimum Gasteiger partial charge on any atom is -0.293 e. The van der Waals surface area contributed by atoms with Crippen LogP contribution < -0.4 is 0 Å². The number of rotatable bonds is 3. The zero-order chi connectivity index (χ0) is 26.9. The van der Waals surface area contributed by atoms with Crippen molar-refractivity contribution in [2.45, 2.75) is 18.0 Å². The van der Waals surface area contributed by atoms with Crippen LogP contribution in [0.2, 0.25) is 10.0 Å². The monoisotopic (exact) mass is 550 g/mol. The fourth-order valence-corrected chi connectivity index (χ4v) is 7.17. The van der Waals surface area contributed by atoms with E-state index in [9.17, 15) is 14.4 Å². The molecule has 0 saturated carbocycles. The molecule has 4 aromatic rings. The molecule has 3 atom stereocenters. The molecule has 1 saturated heterocycles. The van der Waals surface area contributed by atoms with Gasteiger partial charge in [-0.1, -0.05) is 108 Å². The Labute approximate surface area is 234 Å². The van der Waals surface area contributed by atoms with Gasteiger partial charge in [0.1, 0.15) is 11.5 Å². The molecular formula is C32H20Cl2N2O3. The summed E-state index contributed by atoms with van der Waals surface area (Å²) in [5.41, 5.74) is 1.54. The van der Waals surface area contributed by atoms with E-state index in [-0.39, 0.29) is 22.4 Å². The van der Waals surface area contributed by atoms with Gasteiger partial charge < -0.3 is 0 Å². The number of nitrogens with zero attached hydrogens (tertiary/aromatic N) is 2. The lowest BCUT2D eigenvalue weighted by Gasteiger charge is -2.36. The van der Waals surface area contributed by atoms with Crippen molar-refractivity contribution in [2.24, 2.45) is 10.5 Å². The molecule has 1 fully saturated rings. The number of hydrogen-bond acceptors (Lipinski definition) is 5. The Morgan fingerprint density at radius 2 is 1.41 bits per heavy atom. The molecule has 0 aromatic heterocycles. The molecule has 0 unspecified atom stereocenters. The molecule has 0 radical (unpaired) electrons. The number of carbonyl (C=O) groups excluding carboxylic acids is 3. The normalized spacial score (nSPS) is 22.1. The predicted octanol–water partition coefficient (Wildman–Crippen LogP) is 6.80. The molecule has 0 amide bonds. The first kappa shape index (κ1) is 24.0. The third kappa shape index (κ3) is 3.20. The molecular weight excluding hydrogens is 531 g/mol. The largest absolute Gasteiger partial charge is 0.293 e. The first-order valence-corrected chi connectivity index (χ1v) is 13.3. The first-order chi connectivity index (χ1) is 18.9. The Balaban J connectivity index is 1.58. The van der Waals surface area contributed by atoms with Crippen molar-refractivity contribution in [1.29, 1.82) is 0 Å². The Morgan fingerprint density at radius 3 is 2.10 bits per heavy atom. The van der Waals surface area contributed by atoms with Crippen molar-refractivity contribution in [2.75, 3.05) is 0 Å². The first-order valence-electron chi connectivity index (χ1n) is 12.6. The molecule has 4 aromatic carbocycles. The summed E-state index contributed by atoms with van der Waals surface area (Å²) >= 11 is 13.1. The van der Waals surface area contributed by atoms with E-state index in [0.29, 0.717) is 27.3 Å². The molecule has 190 valence electrons. The van der Waals surface area contributed by atoms with Crippen LogP contribution in [0, 0.1) is 5.41 Å². The molecule has 7 rings (SSSR count). The van der Waals surface area contributed by atoms with Crippen molar-refractivity contribution in [1.82, 2.24) is 5.01 Å². The van der Waals surface area contributed by atoms with Crippen LogP contribution in [0.1, 0.15) is 59.7 Å². The van der Waals surface area contributed by atoms with Gasteiger partial charge in [-0.2, -0.15) is 5.10 Å². The maximum atomic E-state index is 14.7. The molecule has 3 aliphatic rings. The smallest absolute Gasteiger partial charge is 0.187 e. The van der Waals surface area contributed by atoms with Crippen LogP contribution in [0.4, 0.5) is 0 Å². The summed E-state index contributed by atoms with van der Waals surface area (Å²) in [5, 5.41) is 7.11. The van der Waals surface area contributed by atoms with Crippen LogP contribution in [0.15, 0.2) is 102 Å². The van der Waals surface area contributed by atoms with Gasteiger partial charge in [0.05, 0.1) is 12.3 Å². The highest BCUT2D eigenvalue weighted by molar-refractivity contribution is 6.36. The Morgan fingerprint density at radius 1 is 0.769 bits per heavy atom. The predicted molar refractivity (Wildman–Crippen MR) is 150 cm³/mol. The Hall–Kier alpha value is -4.06. The van der Waals surface area contributed by atoms with Gasteiger partial charge in [-0.15, -0.1) is 0 Å². The number of carbonyl (C=O) groups is 3. The van der Waals surface area contributed by atoms with E-state index < -0.39 is 23.4 Å². The van der Waals surface area contributed by atoms with E-state index in [0.717, 1.165) is 11.1 Å². The van der Waals surface area contributed by atoms with Crippen molar-refractivity contribution >= 4 is 46.8 Å². The fourth-order valence-electron chi connectivity index (χ4n) is 6.65. The Kier molecular flexibility index (Phi) is 5.38. The van der Waals surface area contributed by atoms with Crippen LogP contribution >= 0.6 is 23.2 Å². The van der Waals surface area contributed by atoms with E-state index in [1.54, 1.807) is 78.0 Å². The third-order valence-electron chi connectivity index (χ3n) is 8.20. The maximum absolute atomic E-state index is 14.7. The van der Waals surface area contributed by atoms with E-state index in [2.05, 4.69) is 0 Å². The van der Waals surface area contributed by atoms with Crippen LogP contribution in [0.25, 0.3) is 0 Å². The maximum Gasteiger partial charge on any atom is 0.187 e. The summed E-state index contributed by atoms with van der Waals surface area (Å²) in [6.07, 6.45) is 1.69. The van der Waals surface area contributed by atoms with Gasteiger partial charge in [0.25, 0.3) is 0 Å². The molecule has 2 heterocycles. The number of fused-ring (bicyclic) bond motifs is 5. The standard InChI is InChI=1S/C32H20Cl2N2O3/c33-20-14-15-24(25(34)16-20)26-27(28(37)18-8-2-1-3-9-18)36-29(21-11-5-4-10-19(21)17-35-36)32(26)30(38)22-12-6-7-13-23(22)31(32)39/h1-17,26-27,29H/t26-,27+,29-/m1/s1. The highest BCUT2D eigenvalue weighted by atomic mass is 35.5. The quantitative estimate of drug-likeness (QED) is 0.208. The molecule has 2 aliphatic heterocycles. The van der Waals surface area contributed by atoms with Crippen LogP contribution in [-0.2, 0) is 0 Å². The summed E-state index contributed by atoms with van der Waals surface area (Å²) in [7, 11) is 0. The van der Waals surface area contributed by atoms with Crippen LogP contribution in [0.5, 0.6) is 0 Å². The lowest BCUT2D eigenvalue weighted by Crippen LogP contribution is -2.44. The summed E-state index contributed by atoms with van der Waals surface area (Å²) in [6, 6.07) is 26.5. The lowest BCUT2D eigenvalue weighted by atomic mass is 9.63. The van der Waals surface area contributed by atoms with Gasteiger partial charge in [0, 0.05) is 32.7 Å². The molecule has 0 N–H and O–H groups in total. The van der Waals surface area contributed by atoms with Crippen molar-refractivity contribution in [3.63, 3.8) is 0 Å². The molecule has 7 heteroatoms. The van der Waals surface area contributed by atoms with Crippen molar-refractivity contribution < 1.29 is 14.4 Å². The highest BCUT2D eigenvalue weighted by Gasteiger charge is 2.73. The Bertz CT molecular complexity index is 1700. The van der Waals surface area contributed by atoms with Crippen molar-refractivity contribution in [3.8, 4) is 0 Å². The molecule has 1 aliphatic carbocycles. The molecule has 0 bridgehead atoms. The molecule has 39 heavy (non-hydrogen) atoms. The topological polar surface area (TPSA) is 66.8 Å². The van der Waals surface area contributed by atoms with E-state index >= 15 is 0 Å². The van der Waals surface area contributed by atoms with E-state index in [4.69, 9.17) is 28.3 Å². The average molecular weight is 551 g/mol. The highest BCUT2D eigenvalue weighted by Crippen LogP contribution is 2.65. The number of halogens is 2. The van der Waals surface area contributed by atoms with Gasteiger partial charge in [-0.3, -0.25) is 19.4 Å². The summed E-state index contributed by atoms with van der Waals surface area (Å²) in [4.78, 5) is 43.8. The number of benzene rings is 4. The number of ketones is 3. The second-order valence-electron chi connectivity index (χ2n) is 10.0. The zero-order valence-corrected chi connectivity index (χ0v) is 21.9.